The third kappa shape index (κ3) is 2.48. The van der Waals surface area contributed by atoms with E-state index in [0.29, 0.717) is 18.3 Å². The highest BCUT2D eigenvalue weighted by atomic mass is 16.4. The highest BCUT2D eigenvalue weighted by molar-refractivity contribution is 5.86. The van der Waals surface area contributed by atoms with Crippen LogP contribution in [-0.2, 0) is 6.42 Å². The van der Waals surface area contributed by atoms with E-state index in [-0.39, 0.29) is 0 Å². The van der Waals surface area contributed by atoms with E-state index in [9.17, 15) is 0 Å². The van der Waals surface area contributed by atoms with Crippen LogP contribution in [-0.4, -0.2) is 16.7 Å². The fourth-order valence-electron chi connectivity index (χ4n) is 2.05. The summed E-state index contributed by atoms with van der Waals surface area (Å²) in [4.78, 5) is 0. The van der Waals surface area contributed by atoms with Crippen molar-refractivity contribution in [3.63, 3.8) is 0 Å². The van der Waals surface area contributed by atoms with Crippen molar-refractivity contribution in [3.05, 3.63) is 48.4 Å². The maximum absolute atomic E-state index is 5.64. The zero-order valence-electron chi connectivity index (χ0n) is 10.5. The molecule has 4 heteroatoms. The summed E-state index contributed by atoms with van der Waals surface area (Å²) in [6, 6.07) is 14.3. The first kappa shape index (κ1) is 11.9. The van der Waals surface area contributed by atoms with Gasteiger partial charge in [0.1, 0.15) is 0 Å². The molecule has 1 aromatic heterocycles. The Balaban J connectivity index is 1.92. The molecule has 0 fully saturated rings. The van der Waals surface area contributed by atoms with Gasteiger partial charge in [0.25, 0.3) is 0 Å². The number of hydrogen-bond donors (Lipinski definition) is 1. The van der Waals surface area contributed by atoms with Crippen molar-refractivity contribution in [3.8, 4) is 11.5 Å². The molecule has 19 heavy (non-hydrogen) atoms. The highest BCUT2D eigenvalue weighted by Gasteiger charge is 2.08. The normalized spacial score (nSPS) is 11.0. The first-order valence-corrected chi connectivity index (χ1v) is 6.38. The lowest BCUT2D eigenvalue weighted by Gasteiger charge is -1.99. The summed E-state index contributed by atoms with van der Waals surface area (Å²) in [7, 11) is 0. The minimum atomic E-state index is 0.567. The van der Waals surface area contributed by atoms with Gasteiger partial charge in [-0.2, -0.15) is 0 Å². The SMILES string of the molecule is NCCCc1nnc(-c2ccc3ccccc3c2)o1. The first-order valence-electron chi connectivity index (χ1n) is 6.38. The van der Waals surface area contributed by atoms with Crippen molar-refractivity contribution in [1.29, 1.82) is 0 Å². The molecule has 0 aliphatic rings. The molecule has 0 saturated heterocycles. The molecule has 2 N–H and O–H groups in total. The number of nitrogens with zero attached hydrogens (tertiary/aromatic N) is 2. The van der Waals surface area contributed by atoms with E-state index in [2.05, 4.69) is 34.5 Å². The maximum atomic E-state index is 5.64. The second-order valence-corrected chi connectivity index (χ2v) is 4.46. The molecule has 0 atom stereocenters. The van der Waals surface area contributed by atoms with Crippen molar-refractivity contribution in [2.75, 3.05) is 6.54 Å². The molecule has 96 valence electrons. The van der Waals surface area contributed by atoms with Gasteiger partial charge in [0, 0.05) is 12.0 Å². The summed E-state index contributed by atoms with van der Waals surface area (Å²) >= 11 is 0. The van der Waals surface area contributed by atoms with Gasteiger partial charge < -0.3 is 10.2 Å². The molecular formula is C15H15N3O. The van der Waals surface area contributed by atoms with Crippen LogP contribution >= 0.6 is 0 Å². The second-order valence-electron chi connectivity index (χ2n) is 4.46. The van der Waals surface area contributed by atoms with Gasteiger partial charge in [0.05, 0.1) is 0 Å². The van der Waals surface area contributed by atoms with Crippen molar-refractivity contribution in [2.45, 2.75) is 12.8 Å². The Morgan fingerprint density at radius 1 is 1.00 bits per heavy atom. The van der Waals surface area contributed by atoms with Gasteiger partial charge in [-0.1, -0.05) is 30.3 Å². The average molecular weight is 253 g/mol. The Morgan fingerprint density at radius 3 is 2.68 bits per heavy atom. The number of nitrogens with two attached hydrogens (primary N) is 1. The topological polar surface area (TPSA) is 64.9 Å². The molecule has 0 saturated carbocycles. The fraction of sp³-hybridized carbons (Fsp3) is 0.200. The van der Waals surface area contributed by atoms with Crippen molar-refractivity contribution >= 4 is 10.8 Å². The third-order valence-electron chi connectivity index (χ3n) is 3.06. The Hall–Kier alpha value is -2.20. The zero-order valence-corrected chi connectivity index (χ0v) is 10.5. The molecule has 4 nitrogen and oxygen atoms in total. The molecule has 0 amide bonds. The van der Waals surface area contributed by atoms with E-state index in [1.54, 1.807) is 0 Å². The molecule has 0 unspecified atom stereocenters. The molecular weight excluding hydrogens is 238 g/mol. The predicted octanol–water partition coefficient (Wildman–Crippen LogP) is 2.78. The Labute approximate surface area is 111 Å². The summed E-state index contributed by atoms with van der Waals surface area (Å²) in [6.45, 7) is 0.633. The van der Waals surface area contributed by atoms with Crippen LogP contribution in [0.5, 0.6) is 0 Å². The summed E-state index contributed by atoms with van der Waals surface area (Å²) < 4.78 is 5.64. The van der Waals surface area contributed by atoms with Gasteiger partial charge in [-0.15, -0.1) is 10.2 Å². The van der Waals surface area contributed by atoms with Crippen molar-refractivity contribution < 1.29 is 4.42 Å². The summed E-state index contributed by atoms with van der Waals surface area (Å²) in [5.74, 6) is 1.21. The standard InChI is InChI=1S/C15H15N3O/c16-9-3-6-14-17-18-15(19-14)13-8-7-11-4-1-2-5-12(11)10-13/h1-2,4-5,7-8,10H,3,6,9,16H2. The Bertz CT molecular complexity index is 690. The summed E-state index contributed by atoms with van der Waals surface area (Å²) in [6.07, 6.45) is 1.59. The van der Waals surface area contributed by atoms with Crippen molar-refractivity contribution in [2.24, 2.45) is 5.73 Å². The molecule has 1 heterocycles. The van der Waals surface area contributed by atoms with E-state index in [0.717, 1.165) is 18.4 Å². The minimum Gasteiger partial charge on any atom is -0.421 e. The third-order valence-corrected chi connectivity index (χ3v) is 3.06. The summed E-state index contributed by atoms with van der Waals surface area (Å²) in [5, 5.41) is 10.5. The fourth-order valence-corrected chi connectivity index (χ4v) is 2.05. The molecule has 0 radical (unpaired) electrons. The zero-order chi connectivity index (χ0) is 13.1. The van der Waals surface area contributed by atoms with Crippen LogP contribution in [0.1, 0.15) is 12.3 Å². The molecule has 2 aromatic carbocycles. The molecule has 3 aromatic rings. The quantitative estimate of drug-likeness (QED) is 0.776. The highest BCUT2D eigenvalue weighted by Crippen LogP contribution is 2.23. The molecule has 3 rings (SSSR count). The number of aryl methyl sites for hydroxylation is 1. The molecule has 0 spiro atoms. The van der Waals surface area contributed by atoms with Crippen LogP contribution < -0.4 is 5.73 Å². The second kappa shape index (κ2) is 5.20. The van der Waals surface area contributed by atoms with Crippen LogP contribution in [0.2, 0.25) is 0 Å². The van der Waals surface area contributed by atoms with E-state index in [1.165, 1.54) is 10.8 Å². The van der Waals surface area contributed by atoms with Gasteiger partial charge in [-0.05, 0) is 35.9 Å². The lowest BCUT2D eigenvalue weighted by atomic mass is 10.1. The molecule has 0 aliphatic carbocycles. The van der Waals surface area contributed by atoms with Gasteiger partial charge in [-0.25, -0.2) is 0 Å². The van der Waals surface area contributed by atoms with Gasteiger partial charge in [-0.3, -0.25) is 0 Å². The van der Waals surface area contributed by atoms with Crippen LogP contribution in [0, 0.1) is 0 Å². The van der Waals surface area contributed by atoms with Crippen LogP contribution in [0.15, 0.2) is 46.9 Å². The lowest BCUT2D eigenvalue weighted by Crippen LogP contribution is -2.00. The van der Waals surface area contributed by atoms with Crippen LogP contribution in [0.4, 0.5) is 0 Å². The van der Waals surface area contributed by atoms with E-state index in [4.69, 9.17) is 10.2 Å². The van der Waals surface area contributed by atoms with E-state index in [1.807, 2.05) is 18.2 Å². The summed E-state index contributed by atoms with van der Waals surface area (Å²) in [5.41, 5.74) is 6.42. The Kier molecular flexibility index (Phi) is 3.25. The van der Waals surface area contributed by atoms with E-state index >= 15 is 0 Å². The van der Waals surface area contributed by atoms with Crippen LogP contribution in [0.25, 0.3) is 22.2 Å². The monoisotopic (exact) mass is 253 g/mol. The Morgan fingerprint density at radius 2 is 1.84 bits per heavy atom. The number of benzene rings is 2. The van der Waals surface area contributed by atoms with Crippen LogP contribution in [0.3, 0.4) is 0 Å². The van der Waals surface area contributed by atoms with Crippen molar-refractivity contribution in [1.82, 2.24) is 10.2 Å². The maximum Gasteiger partial charge on any atom is 0.247 e. The molecule has 0 aliphatic heterocycles. The smallest absolute Gasteiger partial charge is 0.247 e. The number of fused-ring (bicyclic) bond motifs is 1. The number of aromatic nitrogens is 2. The van der Waals surface area contributed by atoms with Gasteiger partial charge in [0.15, 0.2) is 0 Å². The first-order chi connectivity index (χ1) is 9.36. The lowest BCUT2D eigenvalue weighted by molar-refractivity contribution is 0.499. The largest absolute Gasteiger partial charge is 0.421 e. The van der Waals surface area contributed by atoms with E-state index < -0.39 is 0 Å². The van der Waals surface area contributed by atoms with Gasteiger partial charge >= 0.3 is 0 Å². The predicted molar refractivity (Wildman–Crippen MR) is 74.6 cm³/mol. The van der Waals surface area contributed by atoms with Gasteiger partial charge in [0.2, 0.25) is 11.8 Å². The number of rotatable bonds is 4. The average Bonchev–Trinajstić information content (AvgIpc) is 2.93. The minimum absolute atomic E-state index is 0.567. The molecule has 0 bridgehead atoms. The number of hydrogen-bond acceptors (Lipinski definition) is 4.